The first kappa shape index (κ1) is 18.2. The number of rotatable bonds is 5. The molecule has 0 aliphatic rings. The number of hydrogen-bond donors (Lipinski definition) is 2. The van der Waals surface area contributed by atoms with Crippen LogP contribution in [0.3, 0.4) is 0 Å². The molecule has 3 aromatic rings. The average molecular weight is 413 g/mol. The summed E-state index contributed by atoms with van der Waals surface area (Å²) < 4.78 is 39.8. The van der Waals surface area contributed by atoms with Crippen molar-refractivity contribution in [2.45, 2.75) is 4.34 Å². The van der Waals surface area contributed by atoms with E-state index in [-0.39, 0.29) is 10.8 Å². The van der Waals surface area contributed by atoms with Gasteiger partial charge in [0.2, 0.25) is 5.13 Å². The van der Waals surface area contributed by atoms with E-state index in [9.17, 15) is 17.6 Å². The van der Waals surface area contributed by atoms with E-state index < -0.39 is 26.1 Å². The lowest BCUT2D eigenvalue weighted by Crippen LogP contribution is -2.13. The lowest BCUT2D eigenvalue weighted by Gasteiger charge is -2.05. The molecule has 2 N–H and O–H groups in total. The van der Waals surface area contributed by atoms with Crippen LogP contribution in [0.5, 0.6) is 0 Å². The highest BCUT2D eigenvalue weighted by Gasteiger charge is 2.22. The molecule has 2 aromatic carbocycles. The Morgan fingerprint density at radius 2 is 1.77 bits per heavy atom. The Bertz CT molecular complexity index is 1050. The molecule has 3 rings (SSSR count). The molecule has 1 heterocycles. The maximum atomic E-state index is 13.6. The molecule has 1 amide bonds. The fourth-order valence-corrected chi connectivity index (χ4v) is 3.96. The molecule has 1 aromatic heterocycles. The average Bonchev–Trinajstić information content (AvgIpc) is 3.07. The minimum atomic E-state index is -4.13. The van der Waals surface area contributed by atoms with Gasteiger partial charge in [-0.2, -0.15) is 8.42 Å². The van der Waals surface area contributed by atoms with E-state index in [1.165, 1.54) is 30.3 Å². The maximum Gasteiger partial charge on any atom is 0.291 e. The number of nitrogens with one attached hydrogen (secondary N) is 2. The van der Waals surface area contributed by atoms with Gasteiger partial charge in [0, 0.05) is 10.6 Å². The first-order valence-electron chi connectivity index (χ1n) is 7.03. The van der Waals surface area contributed by atoms with Crippen LogP contribution in [0.1, 0.15) is 10.4 Å². The predicted octanol–water partition coefficient (Wildman–Crippen LogP) is 3.38. The molecule has 0 aliphatic carbocycles. The van der Waals surface area contributed by atoms with Gasteiger partial charge in [-0.05, 0) is 36.4 Å². The Balaban J connectivity index is 1.75. The zero-order valence-corrected chi connectivity index (χ0v) is 15.2. The van der Waals surface area contributed by atoms with Gasteiger partial charge in [-0.3, -0.25) is 14.8 Å². The van der Waals surface area contributed by atoms with Crippen LogP contribution in [0, 0.1) is 5.82 Å². The lowest BCUT2D eigenvalue weighted by atomic mass is 10.2. The second-order valence-electron chi connectivity index (χ2n) is 4.92. The molecule has 0 saturated carbocycles. The fraction of sp³-hybridized carbons (Fsp3) is 0. The quantitative estimate of drug-likeness (QED) is 0.625. The third-order valence-corrected chi connectivity index (χ3v) is 5.91. The molecule has 26 heavy (non-hydrogen) atoms. The number of nitrogens with zero attached hydrogens (tertiary/aromatic N) is 2. The topological polar surface area (TPSA) is 101 Å². The molecule has 0 spiro atoms. The zero-order valence-electron chi connectivity index (χ0n) is 12.8. The van der Waals surface area contributed by atoms with Crippen molar-refractivity contribution in [3.63, 3.8) is 0 Å². The molecule has 7 nitrogen and oxygen atoms in total. The third kappa shape index (κ3) is 4.15. The molecule has 0 radical (unpaired) electrons. The van der Waals surface area contributed by atoms with Crippen LogP contribution in [-0.4, -0.2) is 24.5 Å². The van der Waals surface area contributed by atoms with E-state index in [0.29, 0.717) is 21.9 Å². The van der Waals surface area contributed by atoms with Gasteiger partial charge in [0.05, 0.1) is 5.69 Å². The number of sulfonamides is 1. The smallest absolute Gasteiger partial charge is 0.291 e. The molecule has 11 heteroatoms. The molecular formula is C15H10ClFN4O3S2. The number of amides is 1. The summed E-state index contributed by atoms with van der Waals surface area (Å²) in [5.74, 6) is -1.22. The van der Waals surface area contributed by atoms with Gasteiger partial charge in [0.1, 0.15) is 5.82 Å². The Labute approximate surface area is 156 Å². The molecule has 0 bridgehead atoms. The number of anilines is 2. The van der Waals surface area contributed by atoms with E-state index in [2.05, 4.69) is 20.2 Å². The summed E-state index contributed by atoms with van der Waals surface area (Å²) in [6, 6.07) is 11.4. The zero-order chi connectivity index (χ0) is 18.7. The van der Waals surface area contributed by atoms with Gasteiger partial charge < -0.3 is 0 Å². The molecule has 0 fully saturated rings. The second-order valence-corrected chi connectivity index (χ2v) is 8.19. The predicted molar refractivity (Wildman–Crippen MR) is 96.5 cm³/mol. The van der Waals surface area contributed by atoms with Crippen molar-refractivity contribution in [1.82, 2.24) is 10.2 Å². The lowest BCUT2D eigenvalue weighted by molar-refractivity contribution is 0.102. The number of para-hydroxylation sites is 1. The van der Waals surface area contributed by atoms with Gasteiger partial charge in [0.15, 0.2) is 0 Å². The second kappa shape index (κ2) is 7.36. The highest BCUT2D eigenvalue weighted by Crippen LogP contribution is 2.24. The number of aromatic nitrogens is 2. The third-order valence-electron chi connectivity index (χ3n) is 3.08. The maximum absolute atomic E-state index is 13.6. The molecular weight excluding hydrogens is 403 g/mol. The number of carbonyl (C=O) groups excluding carboxylic acids is 1. The summed E-state index contributed by atoms with van der Waals surface area (Å²) in [4.78, 5) is 12.1. The highest BCUT2D eigenvalue weighted by molar-refractivity contribution is 7.94. The summed E-state index contributed by atoms with van der Waals surface area (Å²) in [7, 11) is -4.13. The van der Waals surface area contributed by atoms with Crippen LogP contribution in [0.2, 0.25) is 5.02 Å². The Hall–Kier alpha value is -2.56. The number of carbonyl (C=O) groups is 1. The monoisotopic (exact) mass is 412 g/mol. The summed E-state index contributed by atoms with van der Waals surface area (Å²) in [5.41, 5.74) is 0.105. The number of benzene rings is 2. The van der Waals surface area contributed by atoms with Gasteiger partial charge in [-0.25, -0.2) is 4.39 Å². The van der Waals surface area contributed by atoms with Crippen LogP contribution in [0.4, 0.5) is 15.2 Å². The van der Waals surface area contributed by atoms with E-state index in [4.69, 9.17) is 11.6 Å². The van der Waals surface area contributed by atoms with Gasteiger partial charge in [-0.1, -0.05) is 35.1 Å². The van der Waals surface area contributed by atoms with E-state index in [1.807, 2.05) is 0 Å². The number of halogens is 2. The van der Waals surface area contributed by atoms with Crippen LogP contribution in [0.15, 0.2) is 52.9 Å². The summed E-state index contributed by atoms with van der Waals surface area (Å²) in [6.45, 7) is 0. The minimum absolute atomic E-state index is 0.0149. The van der Waals surface area contributed by atoms with Crippen LogP contribution < -0.4 is 10.0 Å². The van der Waals surface area contributed by atoms with E-state index in [0.717, 1.165) is 6.07 Å². The molecule has 0 atom stereocenters. The molecule has 0 unspecified atom stereocenters. The fourth-order valence-electron chi connectivity index (χ4n) is 1.87. The van der Waals surface area contributed by atoms with E-state index >= 15 is 0 Å². The van der Waals surface area contributed by atoms with Gasteiger partial charge >= 0.3 is 0 Å². The van der Waals surface area contributed by atoms with Gasteiger partial charge in [0.25, 0.3) is 20.3 Å². The van der Waals surface area contributed by atoms with Crippen LogP contribution in [-0.2, 0) is 10.0 Å². The number of hydrogen-bond acceptors (Lipinski definition) is 6. The SMILES string of the molecule is O=C(Nc1nnc(S(=O)(=O)Nc2ccccc2F)s1)c1ccc(Cl)cc1. The van der Waals surface area contributed by atoms with Crippen molar-refractivity contribution in [2.75, 3.05) is 10.0 Å². The van der Waals surface area contributed by atoms with Crippen LogP contribution in [0.25, 0.3) is 0 Å². The van der Waals surface area contributed by atoms with Crippen molar-refractivity contribution in [1.29, 1.82) is 0 Å². The summed E-state index contributed by atoms with van der Waals surface area (Å²) >= 11 is 6.39. The van der Waals surface area contributed by atoms with Crippen molar-refractivity contribution in [3.8, 4) is 0 Å². The van der Waals surface area contributed by atoms with Crippen LogP contribution >= 0.6 is 22.9 Å². The molecule has 134 valence electrons. The first-order valence-corrected chi connectivity index (χ1v) is 9.71. The molecule has 0 aliphatic heterocycles. The van der Waals surface area contributed by atoms with Crippen molar-refractivity contribution in [3.05, 3.63) is 64.9 Å². The van der Waals surface area contributed by atoms with Crippen molar-refractivity contribution < 1.29 is 17.6 Å². The Kier molecular flexibility index (Phi) is 5.16. The normalized spacial score (nSPS) is 11.2. The Morgan fingerprint density at radius 1 is 1.08 bits per heavy atom. The van der Waals surface area contributed by atoms with Crippen molar-refractivity contribution >= 4 is 49.7 Å². The largest absolute Gasteiger partial charge is 0.296 e. The Morgan fingerprint density at radius 3 is 2.46 bits per heavy atom. The summed E-state index contributed by atoms with van der Waals surface area (Å²) in [6.07, 6.45) is 0. The standard InChI is InChI=1S/C15H10ClFN4O3S2/c16-10-7-5-9(6-8-10)13(22)18-14-19-20-15(25-14)26(23,24)21-12-4-2-1-3-11(12)17/h1-8,21H,(H,18,19,22). The first-order chi connectivity index (χ1) is 12.3. The molecule has 0 saturated heterocycles. The van der Waals surface area contributed by atoms with Gasteiger partial charge in [-0.15, -0.1) is 10.2 Å². The van der Waals surface area contributed by atoms with E-state index in [1.54, 1.807) is 12.1 Å². The highest BCUT2D eigenvalue weighted by atomic mass is 35.5. The summed E-state index contributed by atoms with van der Waals surface area (Å²) in [5, 5.41) is 10.1. The van der Waals surface area contributed by atoms with Crippen molar-refractivity contribution in [2.24, 2.45) is 0 Å². The minimum Gasteiger partial charge on any atom is -0.296 e.